The van der Waals surface area contributed by atoms with E-state index in [0.29, 0.717) is 23.7 Å². The predicted molar refractivity (Wildman–Crippen MR) is 226 cm³/mol. The Morgan fingerprint density at radius 3 is 1.38 bits per heavy atom. The van der Waals surface area contributed by atoms with Crippen LogP contribution in [0.2, 0.25) is 0 Å². The van der Waals surface area contributed by atoms with Gasteiger partial charge < -0.3 is 30.9 Å². The molecule has 1 aromatic rings. The molecule has 0 amide bonds. The van der Waals surface area contributed by atoms with Crippen LogP contribution in [0.5, 0.6) is 0 Å². The van der Waals surface area contributed by atoms with Crippen molar-refractivity contribution in [2.45, 2.75) is 245 Å². The van der Waals surface area contributed by atoms with E-state index in [-0.39, 0.29) is 51.4 Å². The van der Waals surface area contributed by atoms with Gasteiger partial charge in [0.1, 0.15) is 0 Å². The maximum atomic E-state index is 6.58. The number of hydrogen-bond donors (Lipinski definition) is 4. The molecule has 4 heterocycles. The topological polar surface area (TPSA) is 99.3 Å². The molecule has 2 atom stereocenters. The van der Waals surface area contributed by atoms with Crippen LogP contribution in [0, 0.1) is 11.8 Å². The van der Waals surface area contributed by atoms with Crippen molar-refractivity contribution in [1.82, 2.24) is 25.6 Å². The summed E-state index contributed by atoms with van der Waals surface area (Å²) in [7, 11) is 0. The molecule has 1 aromatic heterocycles. The number of nitrogens with one attached hydrogen (secondary N) is 4. The lowest BCUT2D eigenvalue weighted by Gasteiger charge is -2.55. The fourth-order valence-corrected chi connectivity index (χ4v) is 11.4. The van der Waals surface area contributed by atoms with E-state index in [9.17, 15) is 0 Å². The van der Waals surface area contributed by atoms with Crippen molar-refractivity contribution >= 4 is 17.8 Å². The van der Waals surface area contributed by atoms with E-state index in [2.05, 4.69) is 130 Å². The first-order valence-electron chi connectivity index (χ1n) is 21.8. The van der Waals surface area contributed by atoms with Crippen LogP contribution in [0.3, 0.4) is 0 Å². The molecule has 0 bridgehead atoms. The van der Waals surface area contributed by atoms with Gasteiger partial charge in [-0.3, -0.25) is 0 Å². The van der Waals surface area contributed by atoms with Crippen LogP contribution in [0.25, 0.3) is 0 Å². The summed E-state index contributed by atoms with van der Waals surface area (Å²) in [6, 6.07) is 0.545. The van der Waals surface area contributed by atoms with E-state index < -0.39 is 0 Å². The molecule has 3 aliphatic rings. The zero-order valence-corrected chi connectivity index (χ0v) is 37.2. The van der Waals surface area contributed by atoms with Crippen molar-refractivity contribution in [2.75, 3.05) is 22.1 Å². The number of unbranched alkanes of at least 4 members (excludes halogenated alkanes) is 3. The lowest BCUT2D eigenvalue weighted by Crippen LogP contribution is -2.63. The number of anilines is 3. The molecule has 3 fully saturated rings. The highest BCUT2D eigenvalue weighted by Gasteiger charge is 2.48. The van der Waals surface area contributed by atoms with E-state index in [1.165, 1.54) is 19.3 Å². The number of rotatable bonds is 17. The Morgan fingerprint density at radius 1 is 0.585 bits per heavy atom. The van der Waals surface area contributed by atoms with E-state index in [0.717, 1.165) is 83.2 Å². The van der Waals surface area contributed by atoms with E-state index in [1.807, 2.05) is 0 Å². The summed E-state index contributed by atoms with van der Waals surface area (Å²) < 4.78 is 6.58. The lowest BCUT2D eigenvalue weighted by atomic mass is 9.72. The molecule has 3 saturated heterocycles. The fourth-order valence-electron chi connectivity index (χ4n) is 11.4. The Morgan fingerprint density at radius 2 is 1.00 bits per heavy atom. The monoisotopic (exact) mass is 741 g/mol. The predicted octanol–water partition coefficient (Wildman–Crippen LogP) is 10.3. The number of ether oxygens (including phenoxy) is 1. The summed E-state index contributed by atoms with van der Waals surface area (Å²) in [5.74, 6) is 3.18. The van der Waals surface area contributed by atoms with Crippen molar-refractivity contribution in [2.24, 2.45) is 11.8 Å². The van der Waals surface area contributed by atoms with E-state index in [1.54, 1.807) is 0 Å². The molecule has 4 rings (SSSR count). The van der Waals surface area contributed by atoms with Crippen molar-refractivity contribution in [1.29, 1.82) is 0 Å². The summed E-state index contributed by atoms with van der Waals surface area (Å²) in [5, 5.41) is 15.8. The minimum Gasteiger partial charge on any atom is -0.378 e. The minimum atomic E-state index is -0.205. The molecule has 2 unspecified atom stereocenters. The van der Waals surface area contributed by atoms with Gasteiger partial charge in [-0.05, 0) is 153 Å². The second-order valence-electron chi connectivity index (χ2n) is 21.4. The van der Waals surface area contributed by atoms with Gasteiger partial charge in [-0.25, -0.2) is 0 Å². The van der Waals surface area contributed by atoms with E-state index >= 15 is 0 Å². The average molecular weight is 741 g/mol. The lowest BCUT2D eigenvalue weighted by molar-refractivity contribution is -0.00887. The van der Waals surface area contributed by atoms with E-state index in [4.69, 9.17) is 19.7 Å². The first-order chi connectivity index (χ1) is 24.5. The number of piperidine rings is 3. The van der Waals surface area contributed by atoms with Crippen LogP contribution in [0.4, 0.5) is 17.8 Å². The molecule has 3 aliphatic heterocycles. The quantitative estimate of drug-likeness (QED) is 0.116. The zero-order chi connectivity index (χ0) is 39.5. The van der Waals surface area contributed by atoms with Gasteiger partial charge in [0, 0.05) is 51.9 Å². The van der Waals surface area contributed by atoms with Gasteiger partial charge in [0.15, 0.2) is 0 Å². The van der Waals surface area contributed by atoms with Crippen LogP contribution in [0.1, 0.15) is 194 Å². The third-order valence-corrected chi connectivity index (χ3v) is 12.3. The third kappa shape index (κ3) is 12.4. The Kier molecular flexibility index (Phi) is 14.3. The number of aromatic nitrogens is 3. The first kappa shape index (κ1) is 44.0. The summed E-state index contributed by atoms with van der Waals surface area (Å²) in [4.78, 5) is 18.5. The van der Waals surface area contributed by atoms with Gasteiger partial charge in [0.25, 0.3) is 0 Å². The molecule has 9 nitrogen and oxygen atoms in total. The van der Waals surface area contributed by atoms with Crippen LogP contribution in [-0.2, 0) is 4.74 Å². The summed E-state index contributed by atoms with van der Waals surface area (Å²) in [5.41, 5.74) is -0.143. The summed E-state index contributed by atoms with van der Waals surface area (Å²) in [6.07, 6.45) is 15.8. The van der Waals surface area contributed by atoms with Gasteiger partial charge in [-0.1, -0.05) is 52.9 Å². The normalized spacial score (nSPS) is 25.2. The SMILES string of the molecule is CCCCCCOC1CC(C)(C)N(c2nc(NC(CCC)C3CC(C)(C)NC(C)(C)C3)nc(NC(CCC)C3CC(C)(C)NC(C)(C)C3)n2)C(C)(C)C1. The molecular weight excluding hydrogens is 657 g/mol. The Hall–Kier alpha value is -1.71. The van der Waals surface area contributed by atoms with Crippen molar-refractivity contribution in [3.63, 3.8) is 0 Å². The van der Waals surface area contributed by atoms with Crippen LogP contribution in [0.15, 0.2) is 0 Å². The average Bonchev–Trinajstić information content (AvgIpc) is 2.96. The second kappa shape index (κ2) is 17.2. The van der Waals surface area contributed by atoms with Crippen LogP contribution in [-0.4, -0.2) is 73.0 Å². The van der Waals surface area contributed by atoms with Gasteiger partial charge >= 0.3 is 0 Å². The molecule has 0 radical (unpaired) electrons. The standard InChI is InChI=1S/C44H84N8O/c1-16-19-20-21-24-53-33-29-43(12,13)52(44(14,15)30-33)38-48-36(45-34(22-17-2)31-25-39(4,5)50-40(6,7)26-31)47-37(49-38)46-35(23-18-3)32-27-41(8,9)51-42(10,11)28-32/h31-35,50-51H,16-30H2,1-15H3,(H2,45,46,47,48,49). The van der Waals surface area contributed by atoms with Crippen molar-refractivity contribution in [3.8, 4) is 0 Å². The maximum Gasteiger partial charge on any atom is 0.232 e. The Bertz CT molecular complexity index is 1190. The highest BCUT2D eigenvalue weighted by Crippen LogP contribution is 2.43. The Balaban J connectivity index is 1.72. The van der Waals surface area contributed by atoms with Gasteiger partial charge in [0.2, 0.25) is 17.8 Å². The van der Waals surface area contributed by atoms with Gasteiger partial charge in [-0.2, -0.15) is 15.0 Å². The molecule has 4 N–H and O–H groups in total. The Labute approximate surface area is 326 Å². The second-order valence-corrected chi connectivity index (χ2v) is 21.4. The molecule has 0 saturated carbocycles. The van der Waals surface area contributed by atoms with Crippen LogP contribution >= 0.6 is 0 Å². The van der Waals surface area contributed by atoms with Gasteiger partial charge in [-0.15, -0.1) is 0 Å². The molecule has 0 aromatic carbocycles. The third-order valence-electron chi connectivity index (χ3n) is 12.3. The van der Waals surface area contributed by atoms with Crippen molar-refractivity contribution < 1.29 is 4.74 Å². The van der Waals surface area contributed by atoms with Gasteiger partial charge in [0.05, 0.1) is 6.10 Å². The molecule has 53 heavy (non-hydrogen) atoms. The molecule has 0 spiro atoms. The number of hydrogen-bond acceptors (Lipinski definition) is 9. The van der Waals surface area contributed by atoms with Crippen LogP contribution < -0.4 is 26.2 Å². The number of nitrogens with zero attached hydrogens (tertiary/aromatic N) is 4. The summed E-state index contributed by atoms with van der Waals surface area (Å²) in [6.45, 7) is 35.9. The summed E-state index contributed by atoms with van der Waals surface area (Å²) >= 11 is 0. The zero-order valence-electron chi connectivity index (χ0n) is 37.2. The highest BCUT2D eigenvalue weighted by molar-refractivity contribution is 5.49. The molecule has 0 aliphatic carbocycles. The van der Waals surface area contributed by atoms with Crippen molar-refractivity contribution in [3.05, 3.63) is 0 Å². The smallest absolute Gasteiger partial charge is 0.232 e. The largest absolute Gasteiger partial charge is 0.378 e. The molecule has 306 valence electrons. The fraction of sp³-hybridized carbons (Fsp3) is 0.932. The maximum absolute atomic E-state index is 6.58. The highest BCUT2D eigenvalue weighted by atomic mass is 16.5. The molecular formula is C44H84N8O. The minimum absolute atomic E-state index is 0.0668. The molecule has 9 heteroatoms. The first-order valence-corrected chi connectivity index (χ1v) is 21.8.